The number of rotatable bonds is 3. The maximum atomic E-state index is 5.83. The van der Waals surface area contributed by atoms with E-state index in [4.69, 9.17) is 4.52 Å². The molecule has 1 aliphatic rings. The molecule has 1 atom stereocenters. The summed E-state index contributed by atoms with van der Waals surface area (Å²) in [6.07, 6.45) is 2.93. The van der Waals surface area contributed by atoms with Crippen LogP contribution in [0.15, 0.2) is 30.3 Å². The number of benzene rings is 1. The second-order valence-corrected chi connectivity index (χ2v) is 5.80. The summed E-state index contributed by atoms with van der Waals surface area (Å²) in [5, 5.41) is 1.30. The summed E-state index contributed by atoms with van der Waals surface area (Å²) in [7, 11) is 0.519. The molecular formula is C12H17OP. The Morgan fingerprint density at radius 2 is 1.86 bits per heavy atom. The lowest BCUT2D eigenvalue weighted by molar-refractivity contribution is 0.0221. The molecule has 0 N–H and O–H groups in total. The molecule has 0 aliphatic heterocycles. The van der Waals surface area contributed by atoms with Gasteiger partial charge in [0.15, 0.2) is 0 Å². The van der Waals surface area contributed by atoms with E-state index in [0.717, 1.165) is 0 Å². The van der Waals surface area contributed by atoms with Crippen LogP contribution in [0.5, 0.6) is 0 Å². The fraction of sp³-hybridized carbons (Fsp3) is 0.500. The molecule has 2 rings (SSSR count). The summed E-state index contributed by atoms with van der Waals surface area (Å²) >= 11 is 0. The summed E-state index contributed by atoms with van der Waals surface area (Å²) in [6, 6.07) is 10.4. The van der Waals surface area contributed by atoms with Gasteiger partial charge in [0.05, 0.1) is 6.10 Å². The highest BCUT2D eigenvalue weighted by Crippen LogP contribution is 2.43. The fourth-order valence-corrected chi connectivity index (χ4v) is 2.71. The Balaban J connectivity index is 1.75. The summed E-state index contributed by atoms with van der Waals surface area (Å²) in [4.78, 5) is 0. The summed E-state index contributed by atoms with van der Waals surface area (Å²) in [6.45, 7) is 4.61. The van der Waals surface area contributed by atoms with Crippen molar-refractivity contribution in [3.05, 3.63) is 30.3 Å². The lowest BCUT2D eigenvalue weighted by Gasteiger charge is -2.41. The zero-order chi connectivity index (χ0) is 10.0. The van der Waals surface area contributed by atoms with E-state index in [1.807, 2.05) is 6.07 Å². The molecular weight excluding hydrogens is 191 g/mol. The van der Waals surface area contributed by atoms with Crippen LogP contribution in [0.1, 0.15) is 26.7 Å². The number of hydrogen-bond acceptors (Lipinski definition) is 1. The van der Waals surface area contributed by atoms with E-state index in [-0.39, 0.29) is 0 Å². The van der Waals surface area contributed by atoms with Crippen LogP contribution in [0.25, 0.3) is 0 Å². The van der Waals surface area contributed by atoms with E-state index >= 15 is 0 Å². The van der Waals surface area contributed by atoms with Gasteiger partial charge in [0.2, 0.25) is 0 Å². The number of hydrogen-bond donors (Lipinski definition) is 0. The molecule has 0 radical (unpaired) electrons. The van der Waals surface area contributed by atoms with Crippen molar-refractivity contribution < 1.29 is 4.52 Å². The van der Waals surface area contributed by atoms with Gasteiger partial charge in [-0.2, -0.15) is 0 Å². The normalized spacial score (nSPS) is 21.3. The second-order valence-electron chi connectivity index (χ2n) is 4.78. The van der Waals surface area contributed by atoms with Crippen LogP contribution in [-0.4, -0.2) is 6.10 Å². The van der Waals surface area contributed by atoms with E-state index in [9.17, 15) is 0 Å². The third-order valence-corrected chi connectivity index (χ3v) is 3.70. The largest absolute Gasteiger partial charge is 0.354 e. The first kappa shape index (κ1) is 10.1. The molecule has 1 aromatic rings. The molecule has 0 spiro atoms. The Hall–Kier alpha value is -0.390. The van der Waals surface area contributed by atoms with E-state index in [1.54, 1.807) is 0 Å². The molecule has 1 aliphatic carbocycles. The van der Waals surface area contributed by atoms with E-state index < -0.39 is 0 Å². The lowest BCUT2D eigenvalue weighted by Crippen LogP contribution is -2.36. The molecule has 1 nitrogen and oxygen atoms in total. The van der Waals surface area contributed by atoms with Gasteiger partial charge < -0.3 is 4.52 Å². The van der Waals surface area contributed by atoms with Crippen LogP contribution < -0.4 is 5.30 Å². The van der Waals surface area contributed by atoms with E-state index in [0.29, 0.717) is 20.3 Å². The molecule has 0 bridgehead atoms. The molecule has 1 unspecified atom stereocenters. The average molecular weight is 208 g/mol. The van der Waals surface area contributed by atoms with Crippen LogP contribution in [0, 0.1) is 5.41 Å². The van der Waals surface area contributed by atoms with Gasteiger partial charge >= 0.3 is 0 Å². The Bertz CT molecular complexity index is 286. The maximum Gasteiger partial charge on any atom is 0.0629 e. The first-order valence-corrected chi connectivity index (χ1v) is 6.03. The first-order chi connectivity index (χ1) is 6.66. The Morgan fingerprint density at radius 1 is 1.21 bits per heavy atom. The Morgan fingerprint density at radius 3 is 2.43 bits per heavy atom. The SMILES string of the molecule is CC1(C)CC(OPc2ccccc2)C1. The Kier molecular flexibility index (Phi) is 2.90. The summed E-state index contributed by atoms with van der Waals surface area (Å²) < 4.78 is 5.83. The van der Waals surface area contributed by atoms with Crippen molar-refractivity contribution >= 4 is 14.1 Å². The van der Waals surface area contributed by atoms with Crippen molar-refractivity contribution in [2.24, 2.45) is 5.41 Å². The maximum absolute atomic E-state index is 5.83. The zero-order valence-electron chi connectivity index (χ0n) is 8.79. The zero-order valence-corrected chi connectivity index (χ0v) is 9.79. The minimum atomic E-state index is 0.503. The van der Waals surface area contributed by atoms with Crippen LogP contribution in [0.4, 0.5) is 0 Å². The highest BCUT2D eigenvalue weighted by molar-refractivity contribution is 7.41. The lowest BCUT2D eigenvalue weighted by atomic mass is 9.70. The molecule has 0 saturated heterocycles. The van der Waals surface area contributed by atoms with Crippen LogP contribution in [0.2, 0.25) is 0 Å². The minimum absolute atomic E-state index is 0.503. The van der Waals surface area contributed by atoms with Gasteiger partial charge in [-0.15, -0.1) is 0 Å². The topological polar surface area (TPSA) is 9.23 Å². The molecule has 0 heterocycles. The van der Waals surface area contributed by atoms with E-state index in [2.05, 4.69) is 38.1 Å². The minimum Gasteiger partial charge on any atom is -0.354 e. The third-order valence-electron chi connectivity index (χ3n) is 2.68. The molecule has 0 amide bonds. The van der Waals surface area contributed by atoms with Crippen molar-refractivity contribution in [1.82, 2.24) is 0 Å². The van der Waals surface area contributed by atoms with Crippen LogP contribution in [-0.2, 0) is 4.52 Å². The highest BCUT2D eigenvalue weighted by atomic mass is 31.1. The van der Waals surface area contributed by atoms with Gasteiger partial charge in [-0.25, -0.2) is 0 Å². The highest BCUT2D eigenvalue weighted by Gasteiger charge is 2.36. The molecule has 1 fully saturated rings. The smallest absolute Gasteiger partial charge is 0.0629 e. The standard InChI is InChI=1S/C12H17OP/c1-12(2)8-10(9-12)13-14-11-6-4-3-5-7-11/h3-7,10,14H,8-9H2,1-2H3. The molecule has 1 saturated carbocycles. The Labute approximate surface area is 87.7 Å². The van der Waals surface area contributed by atoms with Gasteiger partial charge in [0.25, 0.3) is 0 Å². The predicted octanol–water partition coefficient (Wildman–Crippen LogP) is 3.11. The van der Waals surface area contributed by atoms with E-state index in [1.165, 1.54) is 18.1 Å². The third kappa shape index (κ3) is 2.56. The van der Waals surface area contributed by atoms with Crippen molar-refractivity contribution in [3.63, 3.8) is 0 Å². The molecule has 0 aromatic heterocycles. The van der Waals surface area contributed by atoms with Crippen molar-refractivity contribution in [1.29, 1.82) is 0 Å². The fourth-order valence-electron chi connectivity index (χ4n) is 1.91. The summed E-state index contributed by atoms with van der Waals surface area (Å²) in [5.74, 6) is 0. The van der Waals surface area contributed by atoms with Crippen molar-refractivity contribution in [3.8, 4) is 0 Å². The van der Waals surface area contributed by atoms with Gasteiger partial charge in [-0.1, -0.05) is 44.2 Å². The molecule has 1 aromatic carbocycles. The van der Waals surface area contributed by atoms with Gasteiger partial charge in [0, 0.05) is 8.81 Å². The predicted molar refractivity (Wildman–Crippen MR) is 62.3 cm³/mol. The molecule has 2 heteroatoms. The summed E-state index contributed by atoms with van der Waals surface area (Å²) in [5.41, 5.74) is 0.520. The molecule has 14 heavy (non-hydrogen) atoms. The van der Waals surface area contributed by atoms with Crippen LogP contribution >= 0.6 is 8.81 Å². The monoisotopic (exact) mass is 208 g/mol. The van der Waals surface area contributed by atoms with Crippen molar-refractivity contribution in [2.45, 2.75) is 32.8 Å². The van der Waals surface area contributed by atoms with Crippen molar-refractivity contribution in [2.75, 3.05) is 0 Å². The quantitative estimate of drug-likeness (QED) is 0.693. The van der Waals surface area contributed by atoms with Gasteiger partial charge in [-0.3, -0.25) is 0 Å². The first-order valence-electron chi connectivity index (χ1n) is 5.12. The average Bonchev–Trinajstić information content (AvgIpc) is 2.13. The second kappa shape index (κ2) is 4.00. The van der Waals surface area contributed by atoms with Crippen LogP contribution in [0.3, 0.4) is 0 Å². The van der Waals surface area contributed by atoms with Gasteiger partial charge in [0.1, 0.15) is 0 Å². The van der Waals surface area contributed by atoms with Gasteiger partial charge in [-0.05, 0) is 23.6 Å². The molecule has 76 valence electrons.